The van der Waals surface area contributed by atoms with E-state index in [0.717, 1.165) is 11.6 Å². The van der Waals surface area contributed by atoms with Gasteiger partial charge in [-0.1, -0.05) is 23.7 Å². The fourth-order valence-electron chi connectivity index (χ4n) is 2.47. The Morgan fingerprint density at radius 2 is 2.17 bits per heavy atom. The summed E-state index contributed by atoms with van der Waals surface area (Å²) in [6, 6.07) is 11.1. The molecule has 0 bridgehead atoms. The van der Waals surface area contributed by atoms with E-state index in [0.29, 0.717) is 12.0 Å². The summed E-state index contributed by atoms with van der Waals surface area (Å²) < 4.78 is 0. The summed E-state index contributed by atoms with van der Waals surface area (Å²) in [4.78, 5) is 0. The van der Waals surface area contributed by atoms with Gasteiger partial charge in [0.15, 0.2) is 0 Å². The van der Waals surface area contributed by atoms with E-state index < -0.39 is 0 Å². The van der Waals surface area contributed by atoms with Gasteiger partial charge in [0.1, 0.15) is 0 Å². The van der Waals surface area contributed by atoms with Crippen LogP contribution in [-0.2, 0) is 6.54 Å². The molecule has 94 valence electrons. The monoisotopic (exact) mass is 277 g/mol. The lowest BCUT2D eigenvalue weighted by atomic mass is 9.76. The Bertz CT molecular complexity index is 503. The molecule has 0 radical (unpaired) electrons. The number of thiophene rings is 1. The minimum Gasteiger partial charge on any atom is -0.310 e. The highest BCUT2D eigenvalue weighted by Gasteiger charge is 2.29. The van der Waals surface area contributed by atoms with Crippen LogP contribution < -0.4 is 5.32 Å². The average Bonchev–Trinajstić information content (AvgIpc) is 2.80. The zero-order valence-corrected chi connectivity index (χ0v) is 11.7. The maximum absolute atomic E-state index is 6.02. The number of benzene rings is 1. The van der Waals surface area contributed by atoms with Crippen molar-refractivity contribution >= 4 is 22.9 Å². The van der Waals surface area contributed by atoms with Crippen molar-refractivity contribution in [1.29, 1.82) is 0 Å². The molecule has 1 saturated carbocycles. The number of halogens is 1. The average molecular weight is 278 g/mol. The molecule has 0 atom stereocenters. The first-order valence-electron chi connectivity index (χ1n) is 6.31. The number of rotatable bonds is 4. The summed E-state index contributed by atoms with van der Waals surface area (Å²) in [5, 5.41) is 8.80. The van der Waals surface area contributed by atoms with Crippen LogP contribution in [-0.4, -0.2) is 6.04 Å². The van der Waals surface area contributed by atoms with Gasteiger partial charge in [-0.25, -0.2) is 0 Å². The summed E-state index contributed by atoms with van der Waals surface area (Å²) in [5.41, 5.74) is 2.78. The molecule has 18 heavy (non-hydrogen) atoms. The first-order chi connectivity index (χ1) is 8.81. The van der Waals surface area contributed by atoms with Gasteiger partial charge in [0.25, 0.3) is 0 Å². The van der Waals surface area contributed by atoms with E-state index in [1.165, 1.54) is 24.0 Å². The first-order valence-corrected chi connectivity index (χ1v) is 7.63. The molecule has 1 aliphatic carbocycles. The molecule has 0 aliphatic heterocycles. The van der Waals surface area contributed by atoms with Gasteiger partial charge in [0, 0.05) is 17.6 Å². The molecule has 1 nitrogen and oxygen atoms in total. The molecule has 0 unspecified atom stereocenters. The predicted octanol–water partition coefficient (Wildman–Crippen LogP) is 4.44. The Hall–Kier alpha value is -0.830. The van der Waals surface area contributed by atoms with Crippen LogP contribution >= 0.6 is 22.9 Å². The van der Waals surface area contributed by atoms with Crippen LogP contribution in [0.1, 0.15) is 29.9 Å². The molecule has 3 rings (SSSR count). The van der Waals surface area contributed by atoms with Crippen LogP contribution in [0.3, 0.4) is 0 Å². The second kappa shape index (κ2) is 5.43. The Kier molecular flexibility index (Phi) is 3.69. The van der Waals surface area contributed by atoms with E-state index in [2.05, 4.69) is 34.3 Å². The molecule has 1 N–H and O–H groups in total. The van der Waals surface area contributed by atoms with E-state index in [-0.39, 0.29) is 0 Å². The molecule has 1 heterocycles. The highest BCUT2D eigenvalue weighted by molar-refractivity contribution is 7.07. The Labute approximate surface area is 117 Å². The Morgan fingerprint density at radius 1 is 1.28 bits per heavy atom. The van der Waals surface area contributed by atoms with Crippen molar-refractivity contribution in [2.45, 2.75) is 31.3 Å². The smallest absolute Gasteiger partial charge is 0.0408 e. The fraction of sp³-hybridized carbons (Fsp3) is 0.333. The van der Waals surface area contributed by atoms with Gasteiger partial charge >= 0.3 is 0 Å². The second-order valence-electron chi connectivity index (χ2n) is 4.93. The largest absolute Gasteiger partial charge is 0.310 e. The third kappa shape index (κ3) is 2.77. The van der Waals surface area contributed by atoms with Crippen LogP contribution in [0, 0.1) is 0 Å². The SMILES string of the molecule is Clc1cccc(C2CC(NCc3ccsc3)C2)c1. The van der Waals surface area contributed by atoms with Gasteiger partial charge in [0.05, 0.1) is 0 Å². The van der Waals surface area contributed by atoms with E-state index in [1.54, 1.807) is 11.3 Å². The lowest BCUT2D eigenvalue weighted by molar-refractivity contribution is 0.289. The third-order valence-electron chi connectivity index (χ3n) is 3.63. The van der Waals surface area contributed by atoms with Crippen LogP contribution in [0.25, 0.3) is 0 Å². The summed E-state index contributed by atoms with van der Waals surface area (Å²) in [6.45, 7) is 0.996. The Morgan fingerprint density at radius 3 is 2.89 bits per heavy atom. The van der Waals surface area contributed by atoms with Crippen molar-refractivity contribution < 1.29 is 0 Å². The molecule has 3 heteroatoms. The maximum Gasteiger partial charge on any atom is 0.0408 e. The van der Waals surface area contributed by atoms with Gasteiger partial charge in [-0.3, -0.25) is 0 Å². The van der Waals surface area contributed by atoms with Crippen molar-refractivity contribution in [2.75, 3.05) is 0 Å². The predicted molar refractivity (Wildman–Crippen MR) is 78.4 cm³/mol. The van der Waals surface area contributed by atoms with Gasteiger partial charge < -0.3 is 5.32 Å². The zero-order valence-electron chi connectivity index (χ0n) is 10.1. The lowest BCUT2D eigenvalue weighted by Gasteiger charge is -2.36. The minimum atomic E-state index is 0.661. The molecular weight excluding hydrogens is 262 g/mol. The standard InChI is InChI=1S/C15H16ClNS/c16-14-3-1-2-12(6-14)13-7-15(8-13)17-9-11-4-5-18-10-11/h1-6,10,13,15,17H,7-9H2. The van der Waals surface area contributed by atoms with Gasteiger partial charge in [-0.05, 0) is 58.8 Å². The van der Waals surface area contributed by atoms with E-state index in [9.17, 15) is 0 Å². The summed E-state index contributed by atoms with van der Waals surface area (Å²) in [7, 11) is 0. The normalized spacial score (nSPS) is 22.7. The van der Waals surface area contributed by atoms with Crippen molar-refractivity contribution in [3.05, 3.63) is 57.2 Å². The summed E-state index contributed by atoms with van der Waals surface area (Å²) in [6.07, 6.45) is 2.45. The number of hydrogen-bond acceptors (Lipinski definition) is 2. The first kappa shape index (κ1) is 12.2. The molecule has 0 spiro atoms. The molecule has 2 aromatic rings. The third-order valence-corrected chi connectivity index (χ3v) is 4.60. The molecule has 1 fully saturated rings. The van der Waals surface area contributed by atoms with Crippen molar-refractivity contribution in [1.82, 2.24) is 5.32 Å². The van der Waals surface area contributed by atoms with E-state index in [1.807, 2.05) is 12.1 Å². The van der Waals surface area contributed by atoms with Crippen molar-refractivity contribution in [2.24, 2.45) is 0 Å². The molecular formula is C15H16ClNS. The lowest BCUT2D eigenvalue weighted by Crippen LogP contribution is -2.39. The molecule has 0 amide bonds. The van der Waals surface area contributed by atoms with Crippen LogP contribution in [0.5, 0.6) is 0 Å². The van der Waals surface area contributed by atoms with Crippen LogP contribution in [0.4, 0.5) is 0 Å². The summed E-state index contributed by atoms with van der Waals surface area (Å²) in [5.74, 6) is 0.684. The summed E-state index contributed by atoms with van der Waals surface area (Å²) >= 11 is 7.78. The van der Waals surface area contributed by atoms with Gasteiger partial charge in [-0.15, -0.1) is 0 Å². The highest BCUT2D eigenvalue weighted by atomic mass is 35.5. The molecule has 0 saturated heterocycles. The van der Waals surface area contributed by atoms with Crippen LogP contribution in [0.15, 0.2) is 41.1 Å². The highest BCUT2D eigenvalue weighted by Crippen LogP contribution is 2.37. The Balaban J connectivity index is 1.48. The maximum atomic E-state index is 6.02. The quantitative estimate of drug-likeness (QED) is 0.871. The van der Waals surface area contributed by atoms with Crippen molar-refractivity contribution in [3.8, 4) is 0 Å². The minimum absolute atomic E-state index is 0.661. The van der Waals surface area contributed by atoms with E-state index in [4.69, 9.17) is 11.6 Å². The number of hydrogen-bond donors (Lipinski definition) is 1. The zero-order chi connectivity index (χ0) is 12.4. The molecule has 1 aromatic carbocycles. The van der Waals surface area contributed by atoms with Gasteiger partial charge in [-0.2, -0.15) is 11.3 Å². The second-order valence-corrected chi connectivity index (χ2v) is 6.15. The molecule has 1 aliphatic rings. The van der Waals surface area contributed by atoms with Gasteiger partial charge in [0.2, 0.25) is 0 Å². The number of nitrogens with one attached hydrogen (secondary N) is 1. The van der Waals surface area contributed by atoms with Crippen molar-refractivity contribution in [3.63, 3.8) is 0 Å². The topological polar surface area (TPSA) is 12.0 Å². The van der Waals surface area contributed by atoms with E-state index >= 15 is 0 Å². The fourth-order valence-corrected chi connectivity index (χ4v) is 3.34. The molecule has 1 aromatic heterocycles. The van der Waals surface area contributed by atoms with Crippen LogP contribution in [0.2, 0.25) is 5.02 Å².